The molecule has 2 aliphatic rings. The van der Waals surface area contributed by atoms with E-state index in [9.17, 15) is 29.0 Å². The number of carbonyl (C=O) groups excluding carboxylic acids is 3. The van der Waals surface area contributed by atoms with E-state index in [1.165, 1.54) is 22.0 Å². The molecule has 5 atom stereocenters. The molecule has 11 nitrogen and oxygen atoms in total. The zero-order valence-corrected chi connectivity index (χ0v) is 23.9. The second-order valence-corrected chi connectivity index (χ2v) is 11.3. The summed E-state index contributed by atoms with van der Waals surface area (Å²) in [4.78, 5) is 44.1. The lowest BCUT2D eigenvalue weighted by Gasteiger charge is -2.25. The Bertz CT molecular complexity index is 1230. The SMILES string of the molecule is CC(N)CN1CN(NC(=O)C2CN(Cc3ccc(F)cc3)C(=O)C2C(O)CCCCN)C(=O)C1Cc1ccc(O)cc1. The quantitative estimate of drug-likeness (QED) is 0.215. The van der Waals surface area contributed by atoms with Crippen molar-refractivity contribution in [1.82, 2.24) is 20.2 Å². The van der Waals surface area contributed by atoms with Gasteiger partial charge in [-0.25, -0.2) is 9.40 Å². The molecule has 12 heteroatoms. The smallest absolute Gasteiger partial charge is 0.259 e. The Morgan fingerprint density at radius 3 is 2.38 bits per heavy atom. The van der Waals surface area contributed by atoms with Crippen LogP contribution < -0.4 is 16.9 Å². The summed E-state index contributed by atoms with van der Waals surface area (Å²) in [5, 5.41) is 21.9. The number of phenolic OH excluding ortho intramolecular Hbond substituents is 1. The Morgan fingerprint density at radius 2 is 1.74 bits per heavy atom. The number of nitrogens with zero attached hydrogens (tertiary/aromatic N) is 3. The number of amides is 3. The number of nitrogens with two attached hydrogens (primary N) is 2. The van der Waals surface area contributed by atoms with E-state index in [0.717, 1.165) is 5.56 Å². The lowest BCUT2D eigenvalue weighted by Crippen LogP contribution is -2.49. The summed E-state index contributed by atoms with van der Waals surface area (Å²) < 4.78 is 13.4. The van der Waals surface area contributed by atoms with Crippen molar-refractivity contribution < 1.29 is 29.0 Å². The van der Waals surface area contributed by atoms with Crippen molar-refractivity contribution in [2.45, 2.75) is 57.3 Å². The van der Waals surface area contributed by atoms with Crippen LogP contribution in [0.3, 0.4) is 0 Å². The number of benzene rings is 2. The number of unbranched alkanes of at least 4 members (excludes halogenated alkanes) is 1. The van der Waals surface area contributed by atoms with Gasteiger partial charge in [-0.1, -0.05) is 24.3 Å². The summed E-state index contributed by atoms with van der Waals surface area (Å²) in [6.07, 6.45) is 0.872. The minimum absolute atomic E-state index is 0.0448. The van der Waals surface area contributed by atoms with Crippen LogP contribution in [0.25, 0.3) is 0 Å². The fourth-order valence-electron chi connectivity index (χ4n) is 5.75. The predicted molar refractivity (Wildman–Crippen MR) is 154 cm³/mol. The molecular formula is C30H41FN6O5. The third kappa shape index (κ3) is 7.62. The third-order valence-electron chi connectivity index (χ3n) is 7.89. The van der Waals surface area contributed by atoms with Crippen molar-refractivity contribution in [3.63, 3.8) is 0 Å². The van der Waals surface area contributed by atoms with E-state index in [-0.39, 0.29) is 43.4 Å². The Balaban J connectivity index is 1.50. The van der Waals surface area contributed by atoms with Crippen LogP contribution in [-0.2, 0) is 27.3 Å². The molecule has 2 saturated heterocycles. The van der Waals surface area contributed by atoms with Gasteiger partial charge in [0.1, 0.15) is 11.6 Å². The summed E-state index contributed by atoms with van der Waals surface area (Å²) in [5.74, 6) is -3.38. The van der Waals surface area contributed by atoms with E-state index in [0.29, 0.717) is 44.3 Å². The second-order valence-electron chi connectivity index (χ2n) is 11.3. The Kier molecular flexibility index (Phi) is 10.5. The first-order valence-electron chi connectivity index (χ1n) is 14.4. The maximum absolute atomic E-state index is 13.7. The Morgan fingerprint density at radius 1 is 1.07 bits per heavy atom. The molecule has 2 aliphatic heterocycles. The molecule has 0 aromatic heterocycles. The van der Waals surface area contributed by atoms with Crippen LogP contribution in [0, 0.1) is 17.7 Å². The number of halogens is 1. The number of carbonyl (C=O) groups is 3. The lowest BCUT2D eigenvalue weighted by molar-refractivity contribution is -0.143. The first-order chi connectivity index (χ1) is 20.1. The number of phenols is 1. The number of nitrogens with one attached hydrogen (secondary N) is 1. The molecule has 2 heterocycles. The standard InChI is InChI=1S/C30H41FN6O5/c1-19(33)15-36-18-37(29(41)25(36)14-20-7-11-23(38)12-8-20)34-28(40)24-17-35(16-21-5-9-22(31)10-6-21)30(42)27(24)26(39)4-2-3-13-32/h5-12,19,24-27,38-39H,2-4,13-18,32-33H2,1H3,(H,34,40). The number of hydrogen-bond acceptors (Lipinski definition) is 8. The van der Waals surface area contributed by atoms with Gasteiger partial charge in [0.25, 0.3) is 5.91 Å². The highest BCUT2D eigenvalue weighted by atomic mass is 19.1. The summed E-state index contributed by atoms with van der Waals surface area (Å²) in [7, 11) is 0. The van der Waals surface area contributed by atoms with Crippen molar-refractivity contribution in [3.8, 4) is 5.75 Å². The molecule has 2 fully saturated rings. The summed E-state index contributed by atoms with van der Waals surface area (Å²) in [5.41, 5.74) is 15.9. The normalized spacial score (nSPS) is 22.5. The van der Waals surface area contributed by atoms with Gasteiger partial charge in [0.05, 0.1) is 30.7 Å². The molecule has 0 bridgehead atoms. The average molecular weight is 585 g/mol. The number of hydrazine groups is 1. The van der Waals surface area contributed by atoms with Crippen LogP contribution in [0.1, 0.15) is 37.3 Å². The van der Waals surface area contributed by atoms with E-state index in [4.69, 9.17) is 11.5 Å². The van der Waals surface area contributed by atoms with Crippen LogP contribution >= 0.6 is 0 Å². The van der Waals surface area contributed by atoms with E-state index < -0.39 is 35.7 Å². The molecule has 0 radical (unpaired) electrons. The highest BCUT2D eigenvalue weighted by molar-refractivity contribution is 5.93. The minimum Gasteiger partial charge on any atom is -0.508 e. The van der Waals surface area contributed by atoms with Crippen molar-refractivity contribution in [2.75, 3.05) is 26.3 Å². The summed E-state index contributed by atoms with van der Waals surface area (Å²) >= 11 is 0. The maximum Gasteiger partial charge on any atom is 0.259 e. The fourth-order valence-corrected chi connectivity index (χ4v) is 5.75. The zero-order chi connectivity index (χ0) is 30.4. The Labute approximate surface area is 245 Å². The minimum atomic E-state index is -1.07. The van der Waals surface area contributed by atoms with Gasteiger partial charge in [-0.3, -0.25) is 24.7 Å². The molecule has 42 heavy (non-hydrogen) atoms. The van der Waals surface area contributed by atoms with Crippen LogP contribution in [0.4, 0.5) is 4.39 Å². The molecule has 0 aliphatic carbocycles. The average Bonchev–Trinajstić information content (AvgIpc) is 3.42. The summed E-state index contributed by atoms with van der Waals surface area (Å²) in [6, 6.07) is 11.5. The van der Waals surface area contributed by atoms with Gasteiger partial charge in [-0.05, 0) is 74.5 Å². The molecule has 0 spiro atoms. The van der Waals surface area contributed by atoms with Crippen LogP contribution in [0.2, 0.25) is 0 Å². The molecule has 228 valence electrons. The van der Waals surface area contributed by atoms with E-state index in [2.05, 4.69) is 5.43 Å². The molecule has 7 N–H and O–H groups in total. The highest BCUT2D eigenvalue weighted by Gasteiger charge is 2.49. The van der Waals surface area contributed by atoms with E-state index >= 15 is 0 Å². The van der Waals surface area contributed by atoms with Gasteiger partial charge >= 0.3 is 0 Å². The highest BCUT2D eigenvalue weighted by Crippen LogP contribution is 2.32. The molecule has 2 aromatic rings. The first-order valence-corrected chi connectivity index (χ1v) is 14.4. The monoisotopic (exact) mass is 584 g/mol. The van der Waals surface area contributed by atoms with Gasteiger partial charge in [0.15, 0.2) is 0 Å². The summed E-state index contributed by atoms with van der Waals surface area (Å²) in [6.45, 7) is 3.01. The van der Waals surface area contributed by atoms with Crippen LogP contribution in [-0.4, -0.2) is 87.2 Å². The number of aromatic hydroxyl groups is 1. The maximum atomic E-state index is 13.7. The number of hydrogen-bond donors (Lipinski definition) is 5. The number of aliphatic hydroxyl groups is 1. The van der Waals surface area contributed by atoms with Gasteiger partial charge < -0.3 is 26.6 Å². The van der Waals surface area contributed by atoms with Gasteiger partial charge in [0, 0.05) is 25.7 Å². The topological polar surface area (TPSA) is 165 Å². The van der Waals surface area contributed by atoms with E-state index in [1.807, 2.05) is 11.8 Å². The molecular weight excluding hydrogens is 543 g/mol. The molecule has 5 unspecified atom stereocenters. The second kappa shape index (κ2) is 14.1. The molecule has 3 amide bonds. The number of rotatable bonds is 13. The first kappa shape index (κ1) is 31.4. The van der Waals surface area contributed by atoms with Crippen molar-refractivity contribution in [1.29, 1.82) is 0 Å². The zero-order valence-electron chi connectivity index (χ0n) is 23.9. The lowest BCUT2D eigenvalue weighted by atomic mass is 9.87. The van der Waals surface area contributed by atoms with Crippen molar-refractivity contribution >= 4 is 17.7 Å². The molecule has 4 rings (SSSR count). The molecule has 0 saturated carbocycles. The predicted octanol–water partition coefficient (Wildman–Crippen LogP) is 0.687. The van der Waals surface area contributed by atoms with Gasteiger partial charge in [-0.2, -0.15) is 0 Å². The van der Waals surface area contributed by atoms with Gasteiger partial charge in [-0.15, -0.1) is 0 Å². The van der Waals surface area contributed by atoms with Crippen molar-refractivity contribution in [3.05, 3.63) is 65.5 Å². The Hall–Kier alpha value is -3.58. The van der Waals surface area contributed by atoms with Crippen molar-refractivity contribution in [2.24, 2.45) is 23.3 Å². The molecule has 2 aromatic carbocycles. The number of likely N-dealkylation sites (tertiary alicyclic amines) is 1. The third-order valence-corrected chi connectivity index (χ3v) is 7.89. The van der Waals surface area contributed by atoms with E-state index in [1.54, 1.807) is 36.4 Å². The van der Waals surface area contributed by atoms with Crippen LogP contribution in [0.5, 0.6) is 5.75 Å². The largest absolute Gasteiger partial charge is 0.508 e. The number of aliphatic hydroxyl groups excluding tert-OH is 1. The van der Waals surface area contributed by atoms with Gasteiger partial charge in [0.2, 0.25) is 11.8 Å². The van der Waals surface area contributed by atoms with Crippen LogP contribution in [0.15, 0.2) is 48.5 Å². The fraction of sp³-hybridized carbons (Fsp3) is 0.500.